The van der Waals surface area contributed by atoms with Gasteiger partial charge >= 0.3 is 0 Å². The molecule has 4 nitrogen and oxygen atoms in total. The molecule has 5 heteroatoms. The van der Waals surface area contributed by atoms with Crippen LogP contribution in [0.3, 0.4) is 0 Å². The first-order chi connectivity index (χ1) is 8.78. The van der Waals surface area contributed by atoms with Crippen molar-refractivity contribution in [2.45, 2.75) is 57.5 Å². The lowest BCUT2D eigenvalue weighted by molar-refractivity contribution is 0.388. The summed E-state index contributed by atoms with van der Waals surface area (Å²) in [7, 11) is -3.48. The summed E-state index contributed by atoms with van der Waals surface area (Å²) in [5.41, 5.74) is 7.05. The number of hydrogen-bond acceptors (Lipinski definition) is 3. The van der Waals surface area contributed by atoms with E-state index in [2.05, 4.69) is 4.72 Å². The zero-order valence-electron chi connectivity index (χ0n) is 12.2. The number of nitrogens with two attached hydrogens (primary N) is 1. The van der Waals surface area contributed by atoms with E-state index in [0.717, 1.165) is 24.0 Å². The van der Waals surface area contributed by atoms with Gasteiger partial charge in [-0.25, -0.2) is 13.1 Å². The molecule has 0 bridgehead atoms. The van der Waals surface area contributed by atoms with Crippen molar-refractivity contribution >= 4 is 10.0 Å². The van der Waals surface area contributed by atoms with Crippen molar-refractivity contribution in [3.8, 4) is 0 Å². The van der Waals surface area contributed by atoms with E-state index in [-0.39, 0.29) is 0 Å². The van der Waals surface area contributed by atoms with Gasteiger partial charge < -0.3 is 5.73 Å². The lowest BCUT2D eigenvalue weighted by atomic mass is 9.98. The molecule has 0 spiro atoms. The van der Waals surface area contributed by atoms with E-state index in [1.807, 2.05) is 27.7 Å². The molecule has 0 saturated carbocycles. The molecular weight excluding hydrogens is 260 g/mol. The van der Waals surface area contributed by atoms with Crippen LogP contribution in [-0.4, -0.2) is 14.0 Å². The highest BCUT2D eigenvalue weighted by Crippen LogP contribution is 2.20. The van der Waals surface area contributed by atoms with E-state index < -0.39 is 15.6 Å². The summed E-state index contributed by atoms with van der Waals surface area (Å²) in [5.74, 6) is 0. The van der Waals surface area contributed by atoms with Crippen LogP contribution in [-0.2, 0) is 16.6 Å². The molecule has 0 radical (unpaired) electrons. The number of benzene rings is 1. The van der Waals surface area contributed by atoms with Crippen LogP contribution in [0.2, 0.25) is 0 Å². The van der Waals surface area contributed by atoms with Gasteiger partial charge in [0.15, 0.2) is 0 Å². The van der Waals surface area contributed by atoms with E-state index in [9.17, 15) is 8.42 Å². The molecule has 1 rings (SSSR count). The highest BCUT2D eigenvalue weighted by atomic mass is 32.2. The molecule has 108 valence electrons. The second-order valence-corrected chi connectivity index (χ2v) is 6.85. The van der Waals surface area contributed by atoms with Gasteiger partial charge in [-0.1, -0.05) is 19.9 Å². The van der Waals surface area contributed by atoms with Crippen LogP contribution in [0.25, 0.3) is 0 Å². The predicted molar refractivity (Wildman–Crippen MR) is 78.4 cm³/mol. The van der Waals surface area contributed by atoms with Crippen molar-refractivity contribution < 1.29 is 8.42 Å². The Kier molecular flexibility index (Phi) is 5.12. The van der Waals surface area contributed by atoms with Crippen molar-refractivity contribution in [2.75, 3.05) is 0 Å². The summed E-state index contributed by atoms with van der Waals surface area (Å²) in [6.07, 6.45) is 1.51. The third-order valence-electron chi connectivity index (χ3n) is 3.79. The van der Waals surface area contributed by atoms with E-state index in [1.54, 1.807) is 18.2 Å². The minimum absolute atomic E-state index is 0.301. The Hall–Kier alpha value is -0.910. The Bertz CT molecular complexity index is 534. The molecule has 3 N–H and O–H groups in total. The Morgan fingerprint density at radius 2 is 1.84 bits per heavy atom. The van der Waals surface area contributed by atoms with Crippen LogP contribution >= 0.6 is 0 Å². The molecule has 0 unspecified atom stereocenters. The van der Waals surface area contributed by atoms with Crippen LogP contribution in [0.15, 0.2) is 23.1 Å². The monoisotopic (exact) mass is 284 g/mol. The summed E-state index contributed by atoms with van der Waals surface area (Å²) < 4.78 is 27.5. The van der Waals surface area contributed by atoms with E-state index in [4.69, 9.17) is 5.73 Å². The first kappa shape index (κ1) is 16.1. The lowest BCUT2D eigenvalue weighted by Crippen LogP contribution is -2.44. The predicted octanol–water partition coefficient (Wildman–Crippen LogP) is 2.31. The van der Waals surface area contributed by atoms with Crippen molar-refractivity contribution in [3.63, 3.8) is 0 Å². The number of aryl methyl sites for hydroxylation is 1. The minimum atomic E-state index is -3.48. The highest BCUT2D eigenvalue weighted by molar-refractivity contribution is 7.89. The van der Waals surface area contributed by atoms with Gasteiger partial charge in [-0.2, -0.15) is 0 Å². The average Bonchev–Trinajstić information content (AvgIpc) is 2.38. The average molecular weight is 284 g/mol. The Morgan fingerprint density at radius 1 is 1.26 bits per heavy atom. The maximum atomic E-state index is 12.4. The van der Waals surface area contributed by atoms with E-state index in [0.29, 0.717) is 11.4 Å². The molecule has 19 heavy (non-hydrogen) atoms. The third-order valence-corrected chi connectivity index (χ3v) is 5.42. The summed E-state index contributed by atoms with van der Waals surface area (Å²) in [6, 6.07) is 5.07. The normalized spacial score (nSPS) is 12.7. The lowest BCUT2D eigenvalue weighted by Gasteiger charge is -2.27. The van der Waals surface area contributed by atoms with E-state index in [1.165, 1.54) is 0 Å². The number of nitrogens with one attached hydrogen (secondary N) is 1. The van der Waals surface area contributed by atoms with Crippen LogP contribution in [0.1, 0.15) is 44.7 Å². The van der Waals surface area contributed by atoms with Gasteiger partial charge in [0.1, 0.15) is 0 Å². The zero-order valence-corrected chi connectivity index (χ0v) is 13.0. The Balaban J connectivity index is 3.11. The van der Waals surface area contributed by atoms with Crippen molar-refractivity contribution in [1.82, 2.24) is 4.72 Å². The third kappa shape index (κ3) is 3.78. The molecule has 0 aliphatic rings. The van der Waals surface area contributed by atoms with Crippen molar-refractivity contribution in [2.24, 2.45) is 5.73 Å². The molecule has 0 aromatic heterocycles. The molecule has 0 aliphatic carbocycles. The summed E-state index contributed by atoms with van der Waals surface area (Å²) >= 11 is 0. The Morgan fingerprint density at radius 3 is 2.26 bits per heavy atom. The van der Waals surface area contributed by atoms with Gasteiger partial charge in [-0.15, -0.1) is 0 Å². The van der Waals surface area contributed by atoms with Gasteiger partial charge in [0.2, 0.25) is 10.0 Å². The molecule has 1 aromatic rings. The second-order valence-electron chi connectivity index (χ2n) is 5.17. The first-order valence-corrected chi connectivity index (χ1v) is 8.10. The summed E-state index contributed by atoms with van der Waals surface area (Å²) in [5, 5.41) is 0. The van der Waals surface area contributed by atoms with Crippen LogP contribution < -0.4 is 10.5 Å². The fourth-order valence-electron chi connectivity index (χ4n) is 1.84. The summed E-state index contributed by atoms with van der Waals surface area (Å²) in [6.45, 7) is 8.18. The maximum Gasteiger partial charge on any atom is 0.241 e. The molecule has 0 aliphatic heterocycles. The van der Waals surface area contributed by atoms with Gasteiger partial charge in [0.25, 0.3) is 0 Å². The number of hydrogen-bond donors (Lipinski definition) is 2. The molecule has 1 aromatic carbocycles. The minimum Gasteiger partial charge on any atom is -0.326 e. The van der Waals surface area contributed by atoms with Crippen LogP contribution in [0.4, 0.5) is 0 Å². The van der Waals surface area contributed by atoms with Crippen LogP contribution in [0, 0.1) is 6.92 Å². The molecule has 0 fully saturated rings. The maximum absolute atomic E-state index is 12.4. The quantitative estimate of drug-likeness (QED) is 0.842. The smallest absolute Gasteiger partial charge is 0.241 e. The van der Waals surface area contributed by atoms with Gasteiger partial charge in [0.05, 0.1) is 4.90 Å². The first-order valence-electron chi connectivity index (χ1n) is 6.61. The largest absolute Gasteiger partial charge is 0.326 e. The van der Waals surface area contributed by atoms with E-state index >= 15 is 0 Å². The van der Waals surface area contributed by atoms with Crippen molar-refractivity contribution in [1.29, 1.82) is 0 Å². The SMILES string of the molecule is CCC(C)(CC)NS(=O)(=O)c1ccc(CN)c(C)c1. The molecule has 0 atom stereocenters. The van der Waals surface area contributed by atoms with Gasteiger partial charge in [-0.3, -0.25) is 0 Å². The van der Waals surface area contributed by atoms with Gasteiger partial charge in [-0.05, 0) is 49.9 Å². The zero-order chi connectivity index (χ0) is 14.7. The second kappa shape index (κ2) is 6.03. The summed E-state index contributed by atoms with van der Waals surface area (Å²) in [4.78, 5) is 0.301. The molecule has 0 heterocycles. The topological polar surface area (TPSA) is 72.2 Å². The van der Waals surface area contributed by atoms with Crippen LogP contribution in [0.5, 0.6) is 0 Å². The standard InChI is InChI=1S/C14H24N2O2S/c1-5-14(4,6-2)16-19(17,18)13-8-7-12(10-15)11(3)9-13/h7-9,16H,5-6,10,15H2,1-4H3. The fourth-order valence-corrected chi connectivity index (χ4v) is 3.48. The fraction of sp³-hybridized carbons (Fsp3) is 0.571. The van der Waals surface area contributed by atoms with Crippen molar-refractivity contribution in [3.05, 3.63) is 29.3 Å². The molecular formula is C14H24N2O2S. The molecule has 0 amide bonds. The van der Waals surface area contributed by atoms with Gasteiger partial charge in [0, 0.05) is 12.1 Å². The number of sulfonamides is 1. The highest BCUT2D eigenvalue weighted by Gasteiger charge is 2.27. The Labute approximate surface area is 116 Å². The molecule has 0 saturated heterocycles. The number of rotatable bonds is 6.